The Labute approximate surface area is 128 Å². The fourth-order valence-electron chi connectivity index (χ4n) is 2.54. The molecule has 1 heterocycles. The number of aryl methyl sites for hydroxylation is 2. The lowest BCUT2D eigenvalue weighted by Crippen LogP contribution is -2.30. The Morgan fingerprint density at radius 3 is 2.43 bits per heavy atom. The quantitative estimate of drug-likeness (QED) is 0.733. The molecule has 0 aliphatic carbocycles. The first-order valence-electron chi connectivity index (χ1n) is 7.65. The van der Waals surface area contributed by atoms with Gasteiger partial charge in [-0.25, -0.2) is 13.1 Å². The first kappa shape index (κ1) is 18.2. The number of furan rings is 1. The summed E-state index contributed by atoms with van der Waals surface area (Å²) >= 11 is 0. The molecule has 0 amide bonds. The van der Waals surface area contributed by atoms with Crippen molar-refractivity contribution in [1.82, 2.24) is 4.72 Å². The Balaban J connectivity index is 2.87. The van der Waals surface area contributed by atoms with Crippen LogP contribution in [0.5, 0.6) is 0 Å². The first-order valence-corrected chi connectivity index (χ1v) is 9.14. The van der Waals surface area contributed by atoms with Crippen molar-refractivity contribution in [2.75, 3.05) is 6.54 Å². The van der Waals surface area contributed by atoms with E-state index in [1.807, 2.05) is 0 Å². The maximum Gasteiger partial charge on any atom is 0.244 e. The van der Waals surface area contributed by atoms with E-state index in [9.17, 15) is 8.42 Å². The van der Waals surface area contributed by atoms with Crippen molar-refractivity contribution in [3.05, 3.63) is 17.1 Å². The topological polar surface area (TPSA) is 85.3 Å². The van der Waals surface area contributed by atoms with Crippen LogP contribution in [0.25, 0.3) is 0 Å². The van der Waals surface area contributed by atoms with Gasteiger partial charge in [0.1, 0.15) is 16.4 Å². The normalized spacial score (nSPS) is 13.6. The molecule has 1 aromatic rings. The van der Waals surface area contributed by atoms with Gasteiger partial charge in [0.25, 0.3) is 0 Å². The lowest BCUT2D eigenvalue weighted by Gasteiger charge is -2.15. The zero-order valence-electron chi connectivity index (χ0n) is 13.5. The molecule has 0 bridgehead atoms. The third-order valence-electron chi connectivity index (χ3n) is 3.90. The molecule has 3 N–H and O–H groups in total. The molecule has 0 aromatic carbocycles. The van der Waals surface area contributed by atoms with Gasteiger partial charge in [-0.15, -0.1) is 0 Å². The van der Waals surface area contributed by atoms with Crippen LogP contribution in [0.15, 0.2) is 9.31 Å². The lowest BCUT2D eigenvalue weighted by atomic mass is 10.00. The van der Waals surface area contributed by atoms with Crippen molar-refractivity contribution in [1.29, 1.82) is 0 Å². The summed E-state index contributed by atoms with van der Waals surface area (Å²) in [6.45, 7) is 8.26. The molecule has 0 radical (unpaired) electrons. The largest absolute Gasteiger partial charge is 0.465 e. The number of nitrogens with two attached hydrogens (primary N) is 1. The van der Waals surface area contributed by atoms with E-state index in [1.54, 1.807) is 13.8 Å². The summed E-state index contributed by atoms with van der Waals surface area (Å²) in [5.74, 6) is 1.35. The van der Waals surface area contributed by atoms with Crippen molar-refractivity contribution in [3.8, 4) is 0 Å². The molecule has 1 rings (SSSR count). The molecule has 0 saturated carbocycles. The highest BCUT2D eigenvalue weighted by atomic mass is 32.2. The minimum atomic E-state index is -3.57. The number of hydrogen-bond donors (Lipinski definition) is 2. The lowest BCUT2D eigenvalue weighted by molar-refractivity contribution is 0.443. The van der Waals surface area contributed by atoms with Crippen LogP contribution in [0.1, 0.15) is 56.6 Å². The molecule has 5 nitrogen and oxygen atoms in total. The zero-order chi connectivity index (χ0) is 16.0. The second-order valence-electron chi connectivity index (χ2n) is 5.49. The van der Waals surface area contributed by atoms with Crippen molar-refractivity contribution in [2.45, 2.75) is 64.8 Å². The molecular formula is C15H28N2O3S. The first-order chi connectivity index (χ1) is 9.87. The average Bonchev–Trinajstić information content (AvgIpc) is 2.73. The Bertz CT molecular complexity index is 550. The molecule has 0 spiro atoms. The van der Waals surface area contributed by atoms with E-state index < -0.39 is 10.0 Å². The van der Waals surface area contributed by atoms with E-state index in [4.69, 9.17) is 10.2 Å². The van der Waals surface area contributed by atoms with E-state index in [1.165, 1.54) is 0 Å². The van der Waals surface area contributed by atoms with Gasteiger partial charge >= 0.3 is 0 Å². The Kier molecular flexibility index (Phi) is 6.90. The summed E-state index contributed by atoms with van der Waals surface area (Å²) in [6, 6.07) is 0. The molecular weight excluding hydrogens is 288 g/mol. The van der Waals surface area contributed by atoms with Crippen LogP contribution in [0.3, 0.4) is 0 Å². The summed E-state index contributed by atoms with van der Waals surface area (Å²) in [5, 5.41) is 0. The number of nitrogens with one attached hydrogen (secondary N) is 1. The van der Waals surface area contributed by atoms with Gasteiger partial charge in [0.2, 0.25) is 10.0 Å². The average molecular weight is 316 g/mol. The monoisotopic (exact) mass is 316 g/mol. The summed E-state index contributed by atoms with van der Waals surface area (Å²) in [4.78, 5) is 0.216. The number of hydrogen-bond acceptors (Lipinski definition) is 4. The SMILES string of the molecule is CCCCC(CC)CNS(=O)(=O)c1c(C)oc(C)c1CN. The highest BCUT2D eigenvalue weighted by Crippen LogP contribution is 2.26. The molecule has 122 valence electrons. The van der Waals surface area contributed by atoms with Crippen LogP contribution in [-0.4, -0.2) is 15.0 Å². The third kappa shape index (κ3) is 4.56. The second kappa shape index (κ2) is 7.96. The summed E-state index contributed by atoms with van der Waals surface area (Å²) in [5.41, 5.74) is 6.23. The summed E-state index contributed by atoms with van der Waals surface area (Å²) in [6.07, 6.45) is 4.26. The zero-order valence-corrected chi connectivity index (χ0v) is 14.3. The smallest absolute Gasteiger partial charge is 0.244 e. The number of unbranched alkanes of at least 4 members (excludes halogenated alkanes) is 1. The van der Waals surface area contributed by atoms with Gasteiger partial charge < -0.3 is 10.2 Å². The van der Waals surface area contributed by atoms with Gasteiger partial charge in [-0.3, -0.25) is 0 Å². The highest BCUT2D eigenvalue weighted by Gasteiger charge is 2.26. The molecule has 0 aliphatic heterocycles. The minimum Gasteiger partial charge on any atom is -0.465 e. The molecule has 6 heteroatoms. The fourth-order valence-corrected chi connectivity index (χ4v) is 4.11. The fraction of sp³-hybridized carbons (Fsp3) is 0.733. The number of rotatable bonds is 9. The van der Waals surface area contributed by atoms with Crippen molar-refractivity contribution in [2.24, 2.45) is 11.7 Å². The van der Waals surface area contributed by atoms with E-state index in [0.717, 1.165) is 25.7 Å². The van der Waals surface area contributed by atoms with Gasteiger partial charge in [0, 0.05) is 18.7 Å². The molecule has 1 atom stereocenters. The Hall–Kier alpha value is -0.850. The Morgan fingerprint density at radius 2 is 1.90 bits per heavy atom. The van der Waals surface area contributed by atoms with Crippen molar-refractivity contribution < 1.29 is 12.8 Å². The van der Waals surface area contributed by atoms with E-state index in [2.05, 4.69) is 18.6 Å². The van der Waals surface area contributed by atoms with Gasteiger partial charge in [0.15, 0.2) is 0 Å². The van der Waals surface area contributed by atoms with E-state index in [-0.39, 0.29) is 11.4 Å². The molecule has 1 unspecified atom stereocenters. The van der Waals surface area contributed by atoms with E-state index >= 15 is 0 Å². The van der Waals surface area contributed by atoms with Crippen LogP contribution >= 0.6 is 0 Å². The van der Waals surface area contributed by atoms with Gasteiger partial charge in [-0.2, -0.15) is 0 Å². The molecule has 21 heavy (non-hydrogen) atoms. The third-order valence-corrected chi connectivity index (χ3v) is 5.52. The van der Waals surface area contributed by atoms with Crippen molar-refractivity contribution in [3.63, 3.8) is 0 Å². The summed E-state index contributed by atoms with van der Waals surface area (Å²) in [7, 11) is -3.57. The maximum absolute atomic E-state index is 12.5. The summed E-state index contributed by atoms with van der Waals surface area (Å²) < 4.78 is 33.2. The molecule has 1 aromatic heterocycles. The minimum absolute atomic E-state index is 0.159. The van der Waals surface area contributed by atoms with Crippen LogP contribution in [0, 0.1) is 19.8 Å². The van der Waals surface area contributed by atoms with Crippen LogP contribution < -0.4 is 10.5 Å². The standard InChI is InChI=1S/C15H28N2O3S/c1-5-7-8-13(6-2)10-17-21(18,19)15-12(4)20-11(3)14(15)9-16/h13,17H,5-10,16H2,1-4H3. The molecule has 0 fully saturated rings. The van der Waals surface area contributed by atoms with Crippen molar-refractivity contribution >= 4 is 10.0 Å². The van der Waals surface area contributed by atoms with Gasteiger partial charge in [-0.1, -0.05) is 33.1 Å². The highest BCUT2D eigenvalue weighted by molar-refractivity contribution is 7.89. The van der Waals surface area contributed by atoms with E-state index in [0.29, 0.717) is 29.5 Å². The predicted molar refractivity (Wildman–Crippen MR) is 84.6 cm³/mol. The molecule has 0 aliphatic rings. The van der Waals surface area contributed by atoms with Crippen LogP contribution in [-0.2, 0) is 16.6 Å². The van der Waals surface area contributed by atoms with Crippen LogP contribution in [0.2, 0.25) is 0 Å². The van der Waals surface area contributed by atoms with Gasteiger partial charge in [-0.05, 0) is 26.2 Å². The molecule has 0 saturated heterocycles. The predicted octanol–water partition coefficient (Wildman–Crippen LogP) is 2.85. The van der Waals surface area contributed by atoms with Crippen LogP contribution in [0.4, 0.5) is 0 Å². The Morgan fingerprint density at radius 1 is 1.24 bits per heavy atom. The second-order valence-corrected chi connectivity index (χ2v) is 7.20. The number of sulfonamides is 1. The maximum atomic E-state index is 12.5. The van der Waals surface area contributed by atoms with Gasteiger partial charge in [0.05, 0.1) is 0 Å².